The molecule has 0 saturated carbocycles. The Hall–Kier alpha value is -3.73. The van der Waals surface area contributed by atoms with E-state index in [2.05, 4.69) is 36.9 Å². The zero-order valence-electron chi connectivity index (χ0n) is 17.8. The van der Waals surface area contributed by atoms with Crippen LogP contribution in [-0.2, 0) is 6.54 Å². The Morgan fingerprint density at radius 2 is 1.77 bits per heavy atom. The van der Waals surface area contributed by atoms with Gasteiger partial charge in [-0.1, -0.05) is 29.8 Å². The molecule has 0 aliphatic carbocycles. The fraction of sp³-hybridized carbons (Fsp3) is 0.192. The van der Waals surface area contributed by atoms with Crippen LogP contribution in [0.15, 0.2) is 69.9 Å². The van der Waals surface area contributed by atoms with E-state index in [1.165, 1.54) is 11.1 Å². The van der Waals surface area contributed by atoms with Gasteiger partial charge in [-0.05, 0) is 60.9 Å². The second-order valence-corrected chi connectivity index (χ2v) is 7.89. The van der Waals surface area contributed by atoms with Gasteiger partial charge >= 0.3 is 5.63 Å². The average molecular weight is 413 g/mol. The minimum atomic E-state index is -0.379. The van der Waals surface area contributed by atoms with Gasteiger partial charge in [0.15, 0.2) is 6.73 Å². The van der Waals surface area contributed by atoms with Gasteiger partial charge in [-0.25, -0.2) is 4.79 Å². The van der Waals surface area contributed by atoms with Crippen LogP contribution in [0.4, 0.5) is 5.69 Å². The maximum atomic E-state index is 12.5. The Balaban J connectivity index is 1.63. The number of nitrogens with zero attached hydrogens (tertiary/aromatic N) is 1. The summed E-state index contributed by atoms with van der Waals surface area (Å²) in [5.74, 6) is 1.52. The molecule has 31 heavy (non-hydrogen) atoms. The van der Waals surface area contributed by atoms with Crippen molar-refractivity contribution < 1.29 is 13.9 Å². The monoisotopic (exact) mass is 413 g/mol. The number of methoxy groups -OCH3 is 1. The largest absolute Gasteiger partial charge is 0.497 e. The molecule has 2 heterocycles. The maximum Gasteiger partial charge on any atom is 0.336 e. The SMILES string of the molecule is COc1ccc(-c2cc(=O)oc3c4c(ccc23)OCN(c2ccc(C)cc2C)C4)cc1. The molecular formula is C26H23NO4. The smallest absolute Gasteiger partial charge is 0.336 e. The van der Waals surface area contributed by atoms with Gasteiger partial charge in [0.1, 0.15) is 17.1 Å². The van der Waals surface area contributed by atoms with Crippen LogP contribution in [0.3, 0.4) is 0 Å². The zero-order valence-corrected chi connectivity index (χ0v) is 17.8. The van der Waals surface area contributed by atoms with Crippen LogP contribution in [0.5, 0.6) is 11.5 Å². The van der Waals surface area contributed by atoms with Gasteiger partial charge in [-0.3, -0.25) is 0 Å². The Labute approximate surface area is 180 Å². The van der Waals surface area contributed by atoms with Crippen molar-refractivity contribution >= 4 is 16.7 Å². The molecule has 5 rings (SSSR count). The van der Waals surface area contributed by atoms with Crippen molar-refractivity contribution in [3.63, 3.8) is 0 Å². The molecule has 0 unspecified atom stereocenters. The number of fused-ring (bicyclic) bond motifs is 3. The first kappa shape index (κ1) is 19.2. The molecule has 1 aromatic heterocycles. The predicted molar refractivity (Wildman–Crippen MR) is 122 cm³/mol. The van der Waals surface area contributed by atoms with Crippen molar-refractivity contribution in [2.45, 2.75) is 20.4 Å². The van der Waals surface area contributed by atoms with Gasteiger partial charge in [0.25, 0.3) is 0 Å². The molecule has 0 amide bonds. The van der Waals surface area contributed by atoms with E-state index in [-0.39, 0.29) is 5.63 Å². The number of rotatable bonds is 3. The summed E-state index contributed by atoms with van der Waals surface area (Å²) in [6.07, 6.45) is 0. The molecule has 0 fully saturated rings. The van der Waals surface area contributed by atoms with Crippen LogP contribution >= 0.6 is 0 Å². The van der Waals surface area contributed by atoms with Gasteiger partial charge in [-0.15, -0.1) is 0 Å². The first-order valence-corrected chi connectivity index (χ1v) is 10.2. The normalized spacial score (nSPS) is 13.1. The summed E-state index contributed by atoms with van der Waals surface area (Å²) in [6.45, 7) is 5.24. The van der Waals surface area contributed by atoms with E-state index < -0.39 is 0 Å². The number of anilines is 1. The Bertz CT molecular complexity index is 1340. The summed E-state index contributed by atoms with van der Waals surface area (Å²) in [5, 5.41) is 0.884. The molecule has 0 spiro atoms. The quantitative estimate of drug-likeness (QED) is 0.419. The Kier molecular flexibility index (Phi) is 4.66. The highest BCUT2D eigenvalue weighted by molar-refractivity contribution is 5.96. The lowest BCUT2D eigenvalue weighted by Crippen LogP contribution is -2.32. The molecule has 0 N–H and O–H groups in total. The van der Waals surface area contributed by atoms with Gasteiger partial charge < -0.3 is 18.8 Å². The van der Waals surface area contributed by atoms with Gasteiger partial charge in [-0.2, -0.15) is 0 Å². The first-order valence-electron chi connectivity index (χ1n) is 10.2. The minimum absolute atomic E-state index is 0.379. The van der Waals surface area contributed by atoms with Crippen LogP contribution in [0, 0.1) is 13.8 Å². The molecule has 0 bridgehead atoms. The highest BCUT2D eigenvalue weighted by atomic mass is 16.5. The Morgan fingerprint density at radius 1 is 0.968 bits per heavy atom. The second kappa shape index (κ2) is 7.51. The van der Waals surface area contributed by atoms with Crippen LogP contribution in [-0.4, -0.2) is 13.8 Å². The van der Waals surface area contributed by atoms with Crippen molar-refractivity contribution in [1.82, 2.24) is 0 Å². The highest BCUT2D eigenvalue weighted by Crippen LogP contribution is 2.38. The summed E-state index contributed by atoms with van der Waals surface area (Å²) in [4.78, 5) is 14.6. The van der Waals surface area contributed by atoms with Crippen LogP contribution in [0.25, 0.3) is 22.1 Å². The van der Waals surface area contributed by atoms with Crippen molar-refractivity contribution in [2.24, 2.45) is 0 Å². The molecular weight excluding hydrogens is 390 g/mol. The van der Waals surface area contributed by atoms with Crippen molar-refractivity contribution in [1.29, 1.82) is 0 Å². The number of benzene rings is 3. The number of hydrogen-bond donors (Lipinski definition) is 0. The molecule has 0 atom stereocenters. The van der Waals surface area contributed by atoms with E-state index in [1.807, 2.05) is 36.4 Å². The standard InChI is InChI=1S/C26H23NO4/c1-16-4-10-23(17(2)12-16)27-14-22-24(30-15-27)11-9-20-21(13-25(28)31-26(20)22)18-5-7-19(29-3)8-6-18/h4-13H,14-15H2,1-3H3. The third kappa shape index (κ3) is 3.42. The molecule has 5 heteroatoms. The predicted octanol–water partition coefficient (Wildman–Crippen LogP) is 5.44. The molecule has 0 saturated heterocycles. The van der Waals surface area contributed by atoms with Gasteiger partial charge in [0.2, 0.25) is 0 Å². The minimum Gasteiger partial charge on any atom is -0.497 e. The summed E-state index contributed by atoms with van der Waals surface area (Å²) < 4.78 is 17.0. The molecule has 4 aromatic rings. The topological polar surface area (TPSA) is 51.9 Å². The summed E-state index contributed by atoms with van der Waals surface area (Å²) in [6, 6.07) is 19.5. The lowest BCUT2D eigenvalue weighted by molar-refractivity contribution is 0.289. The van der Waals surface area contributed by atoms with Crippen molar-refractivity contribution in [3.8, 4) is 22.6 Å². The fourth-order valence-corrected chi connectivity index (χ4v) is 4.26. The van der Waals surface area contributed by atoms with Crippen LogP contribution < -0.4 is 20.0 Å². The average Bonchev–Trinajstić information content (AvgIpc) is 2.78. The molecule has 1 aliphatic rings. The van der Waals surface area contributed by atoms with Crippen LogP contribution in [0.2, 0.25) is 0 Å². The second-order valence-electron chi connectivity index (χ2n) is 7.89. The van der Waals surface area contributed by atoms with Crippen molar-refractivity contribution in [3.05, 3.63) is 87.8 Å². The number of hydrogen-bond acceptors (Lipinski definition) is 5. The van der Waals surface area contributed by atoms with Crippen molar-refractivity contribution in [2.75, 3.05) is 18.7 Å². The number of ether oxygens (including phenoxy) is 2. The van der Waals surface area contributed by atoms with E-state index in [9.17, 15) is 4.79 Å². The van der Waals surface area contributed by atoms with E-state index in [1.54, 1.807) is 13.2 Å². The van der Waals surface area contributed by atoms with E-state index in [0.717, 1.165) is 39.3 Å². The zero-order chi connectivity index (χ0) is 21.5. The van der Waals surface area contributed by atoms with E-state index in [0.29, 0.717) is 18.9 Å². The molecule has 0 radical (unpaired) electrons. The summed E-state index contributed by atoms with van der Waals surface area (Å²) >= 11 is 0. The van der Waals surface area contributed by atoms with Gasteiger partial charge in [0, 0.05) is 17.1 Å². The highest BCUT2D eigenvalue weighted by Gasteiger charge is 2.24. The number of aryl methyl sites for hydroxylation is 2. The van der Waals surface area contributed by atoms with Gasteiger partial charge in [0.05, 0.1) is 19.2 Å². The Morgan fingerprint density at radius 3 is 2.52 bits per heavy atom. The summed E-state index contributed by atoms with van der Waals surface area (Å²) in [7, 11) is 1.63. The third-order valence-electron chi connectivity index (χ3n) is 5.79. The third-order valence-corrected chi connectivity index (χ3v) is 5.79. The molecule has 5 nitrogen and oxygen atoms in total. The lowest BCUT2D eigenvalue weighted by atomic mass is 9.99. The molecule has 156 valence electrons. The maximum absolute atomic E-state index is 12.5. The van der Waals surface area contributed by atoms with Crippen LogP contribution in [0.1, 0.15) is 16.7 Å². The summed E-state index contributed by atoms with van der Waals surface area (Å²) in [5.41, 5.74) is 6.37. The molecule has 1 aliphatic heterocycles. The van der Waals surface area contributed by atoms with E-state index in [4.69, 9.17) is 13.9 Å². The fourth-order valence-electron chi connectivity index (χ4n) is 4.26. The first-order chi connectivity index (χ1) is 15.0. The van der Waals surface area contributed by atoms with E-state index >= 15 is 0 Å². The molecule has 3 aromatic carbocycles. The lowest BCUT2D eigenvalue weighted by Gasteiger charge is -2.32.